The lowest BCUT2D eigenvalue weighted by molar-refractivity contribution is -0.143. The number of nitrogens with zero attached hydrogens (tertiary/aromatic N) is 4. The van der Waals surface area contributed by atoms with Gasteiger partial charge in [0.25, 0.3) is 5.91 Å². The summed E-state index contributed by atoms with van der Waals surface area (Å²) in [6.45, 7) is 0. The van der Waals surface area contributed by atoms with Crippen LogP contribution in [0.2, 0.25) is 0 Å². The maximum absolute atomic E-state index is 13.1. The first-order valence-corrected chi connectivity index (χ1v) is 9.08. The summed E-state index contributed by atoms with van der Waals surface area (Å²) >= 11 is 0. The van der Waals surface area contributed by atoms with Crippen LogP contribution in [0.4, 0.5) is 26.3 Å². The van der Waals surface area contributed by atoms with Gasteiger partial charge >= 0.3 is 12.4 Å². The molecule has 0 bridgehead atoms. The van der Waals surface area contributed by atoms with Gasteiger partial charge in [-0.3, -0.25) is 9.89 Å². The molecule has 0 saturated carbocycles. The minimum absolute atomic E-state index is 0.0111. The Kier molecular flexibility index (Phi) is 5.18. The Bertz CT molecular complexity index is 1350. The number of nitrogens with one attached hydrogen (secondary N) is 1. The number of nitrogens with two attached hydrogens (primary N) is 1. The molecule has 0 aliphatic heterocycles. The molecule has 0 atom stereocenters. The first-order valence-electron chi connectivity index (χ1n) is 9.08. The molecule has 0 aliphatic rings. The van der Waals surface area contributed by atoms with E-state index in [0.29, 0.717) is 23.2 Å². The summed E-state index contributed by atoms with van der Waals surface area (Å²) in [5.74, 6) is -1.25. The third kappa shape index (κ3) is 4.56. The Balaban J connectivity index is 1.76. The summed E-state index contributed by atoms with van der Waals surface area (Å²) in [6.07, 6.45) is -6.26. The number of fused-ring (bicyclic) bond motifs is 1. The number of H-pyrrole nitrogens is 1. The van der Waals surface area contributed by atoms with E-state index in [1.807, 2.05) is 0 Å². The third-order valence-corrected chi connectivity index (χ3v) is 4.63. The second-order valence-corrected chi connectivity index (χ2v) is 6.92. The molecule has 0 spiro atoms. The van der Waals surface area contributed by atoms with Crippen LogP contribution < -0.4 is 5.73 Å². The van der Waals surface area contributed by atoms with Gasteiger partial charge in [0.05, 0.1) is 28.4 Å². The standard InChI is InChI=1S/C20H12F6N6O/c21-19(22,23)13-3-12(4-14(6-13)20(24,25)26)18-28-9-32(31-18)8-15(17(27)33)10-1-2-11-7-29-30-16(11)5-10/h1-9H,(H2,27,33)(H,29,30)/b15-8+. The summed E-state index contributed by atoms with van der Waals surface area (Å²) in [4.78, 5) is 15.8. The van der Waals surface area contributed by atoms with E-state index in [9.17, 15) is 31.1 Å². The summed E-state index contributed by atoms with van der Waals surface area (Å²) in [5, 5.41) is 11.3. The van der Waals surface area contributed by atoms with Crippen molar-refractivity contribution in [3.05, 3.63) is 65.6 Å². The van der Waals surface area contributed by atoms with Crippen LogP contribution in [-0.2, 0) is 17.1 Å². The lowest BCUT2D eigenvalue weighted by Crippen LogP contribution is -2.13. The molecule has 0 unspecified atom stereocenters. The second kappa shape index (κ2) is 7.76. The first-order chi connectivity index (χ1) is 15.4. The van der Waals surface area contributed by atoms with Gasteiger partial charge in [0, 0.05) is 17.1 Å². The highest BCUT2D eigenvalue weighted by molar-refractivity contribution is 6.22. The van der Waals surface area contributed by atoms with Crippen molar-refractivity contribution in [3.63, 3.8) is 0 Å². The Morgan fingerprint density at radius 2 is 1.67 bits per heavy atom. The average molecular weight is 466 g/mol. The number of benzene rings is 2. The van der Waals surface area contributed by atoms with Crippen molar-refractivity contribution in [2.75, 3.05) is 0 Å². The summed E-state index contributed by atoms with van der Waals surface area (Å²) in [7, 11) is 0. The van der Waals surface area contributed by atoms with Crippen LogP contribution in [-0.4, -0.2) is 30.9 Å². The highest BCUT2D eigenvalue weighted by Crippen LogP contribution is 2.38. The summed E-state index contributed by atoms with van der Waals surface area (Å²) < 4.78 is 79.6. The number of aromatic amines is 1. The van der Waals surface area contributed by atoms with E-state index in [1.165, 1.54) is 0 Å². The van der Waals surface area contributed by atoms with Crippen LogP contribution in [0.25, 0.3) is 34.1 Å². The van der Waals surface area contributed by atoms with E-state index >= 15 is 0 Å². The van der Waals surface area contributed by atoms with E-state index in [2.05, 4.69) is 20.3 Å². The SMILES string of the molecule is NC(=O)/C(=C/n1cnc(-c2cc(C(F)(F)F)cc(C(F)(F)F)c2)n1)c1ccc2cn[nH]c2c1. The number of carbonyl (C=O) groups is 1. The van der Waals surface area contributed by atoms with Crippen molar-refractivity contribution in [1.82, 2.24) is 25.0 Å². The highest BCUT2D eigenvalue weighted by Gasteiger charge is 2.37. The van der Waals surface area contributed by atoms with E-state index in [-0.39, 0.29) is 11.6 Å². The number of halogens is 6. The van der Waals surface area contributed by atoms with Gasteiger partial charge in [0.1, 0.15) is 6.33 Å². The van der Waals surface area contributed by atoms with Gasteiger partial charge in [0.15, 0.2) is 5.82 Å². The molecule has 170 valence electrons. The Labute approximate surface area is 180 Å². The molecule has 33 heavy (non-hydrogen) atoms. The molecular weight excluding hydrogens is 454 g/mol. The van der Waals surface area contributed by atoms with Crippen LogP contribution in [0.15, 0.2) is 48.9 Å². The molecule has 0 radical (unpaired) electrons. The van der Waals surface area contributed by atoms with Crippen molar-refractivity contribution in [2.45, 2.75) is 12.4 Å². The smallest absolute Gasteiger partial charge is 0.366 e. The molecule has 0 aliphatic carbocycles. The number of rotatable bonds is 4. The largest absolute Gasteiger partial charge is 0.416 e. The predicted octanol–water partition coefficient (Wildman–Crippen LogP) is 4.34. The molecule has 0 fully saturated rings. The summed E-state index contributed by atoms with van der Waals surface area (Å²) in [5.41, 5.74) is 2.93. The van der Waals surface area contributed by atoms with Gasteiger partial charge in [-0.05, 0) is 29.8 Å². The zero-order valence-electron chi connectivity index (χ0n) is 16.2. The van der Waals surface area contributed by atoms with Crippen LogP contribution >= 0.6 is 0 Å². The van der Waals surface area contributed by atoms with Gasteiger partial charge in [-0.2, -0.15) is 31.4 Å². The van der Waals surface area contributed by atoms with Crippen LogP contribution in [0.1, 0.15) is 16.7 Å². The number of carbonyl (C=O) groups excluding carboxylic acids is 1. The van der Waals surface area contributed by atoms with Crippen molar-refractivity contribution < 1.29 is 31.1 Å². The molecule has 2 aromatic carbocycles. The lowest BCUT2D eigenvalue weighted by atomic mass is 10.0. The number of amides is 1. The van der Waals surface area contributed by atoms with Gasteiger partial charge in [0.2, 0.25) is 0 Å². The van der Waals surface area contributed by atoms with Crippen LogP contribution in [0.3, 0.4) is 0 Å². The molecule has 2 heterocycles. The minimum Gasteiger partial charge on any atom is -0.366 e. The predicted molar refractivity (Wildman–Crippen MR) is 105 cm³/mol. The quantitative estimate of drug-likeness (QED) is 0.345. The number of alkyl halides is 6. The van der Waals surface area contributed by atoms with Crippen molar-refractivity contribution in [2.24, 2.45) is 5.73 Å². The van der Waals surface area contributed by atoms with Crippen molar-refractivity contribution >= 4 is 28.6 Å². The van der Waals surface area contributed by atoms with Gasteiger partial charge in [-0.1, -0.05) is 12.1 Å². The Morgan fingerprint density at radius 3 is 2.27 bits per heavy atom. The molecule has 4 aromatic rings. The van der Waals surface area contributed by atoms with Gasteiger partial charge in [-0.15, -0.1) is 5.10 Å². The van der Waals surface area contributed by atoms with Crippen molar-refractivity contribution in [3.8, 4) is 11.4 Å². The number of aromatic nitrogens is 5. The highest BCUT2D eigenvalue weighted by atomic mass is 19.4. The molecular formula is C20H12F6N6O. The van der Waals surface area contributed by atoms with Gasteiger partial charge < -0.3 is 5.73 Å². The zero-order chi connectivity index (χ0) is 24.0. The summed E-state index contributed by atoms with van der Waals surface area (Å²) in [6, 6.07) is 5.91. The van der Waals surface area contributed by atoms with Crippen molar-refractivity contribution in [1.29, 1.82) is 0 Å². The Hall–Kier alpha value is -4.16. The third-order valence-electron chi connectivity index (χ3n) is 4.63. The average Bonchev–Trinajstić information content (AvgIpc) is 3.39. The second-order valence-electron chi connectivity index (χ2n) is 6.92. The van der Waals surface area contributed by atoms with Crippen LogP contribution in [0.5, 0.6) is 0 Å². The monoisotopic (exact) mass is 466 g/mol. The molecule has 13 heteroatoms. The molecule has 7 nitrogen and oxygen atoms in total. The Morgan fingerprint density at radius 1 is 1.00 bits per heavy atom. The van der Waals surface area contributed by atoms with E-state index in [4.69, 9.17) is 5.73 Å². The van der Waals surface area contributed by atoms with Crippen LogP contribution in [0, 0.1) is 0 Å². The molecule has 0 saturated heterocycles. The fourth-order valence-corrected chi connectivity index (χ4v) is 3.07. The molecule has 3 N–H and O–H groups in total. The number of hydrogen-bond donors (Lipinski definition) is 2. The van der Waals surface area contributed by atoms with E-state index in [1.54, 1.807) is 24.4 Å². The topological polar surface area (TPSA) is 102 Å². The normalized spacial score (nSPS) is 13.0. The maximum Gasteiger partial charge on any atom is 0.416 e. The minimum atomic E-state index is -5.01. The maximum atomic E-state index is 13.1. The zero-order valence-corrected chi connectivity index (χ0v) is 16.2. The molecule has 4 rings (SSSR count). The molecule has 1 amide bonds. The van der Waals surface area contributed by atoms with E-state index < -0.39 is 40.8 Å². The lowest BCUT2D eigenvalue weighted by Gasteiger charge is -2.13. The fraction of sp³-hybridized carbons (Fsp3) is 0.100. The van der Waals surface area contributed by atoms with Gasteiger partial charge in [-0.25, -0.2) is 9.67 Å². The number of hydrogen-bond acceptors (Lipinski definition) is 4. The fourth-order valence-electron chi connectivity index (χ4n) is 3.07. The number of primary amides is 1. The van der Waals surface area contributed by atoms with E-state index in [0.717, 1.165) is 22.6 Å². The first kappa shape index (κ1) is 22.0. The molecule has 2 aromatic heterocycles.